The molecule has 0 unspecified atom stereocenters. The average Bonchev–Trinajstić information content (AvgIpc) is 3.36. The Morgan fingerprint density at radius 1 is 1.30 bits per heavy atom. The Hall–Kier alpha value is -2.41. The minimum atomic E-state index is -0.306. The van der Waals surface area contributed by atoms with Gasteiger partial charge in [0.05, 0.1) is 11.2 Å². The maximum Gasteiger partial charge on any atom is 0.281 e. The Balaban J connectivity index is 1.74. The smallest absolute Gasteiger partial charge is 0.281 e. The molecule has 27 heavy (non-hydrogen) atoms. The number of halogens is 1. The molecule has 2 fully saturated rings. The number of nitrogens with zero attached hydrogens (tertiary/aromatic N) is 3. The maximum absolute atomic E-state index is 15.1. The number of oxazole rings is 1. The van der Waals surface area contributed by atoms with E-state index >= 15 is 4.39 Å². The zero-order valence-electron chi connectivity index (χ0n) is 15.6. The molecule has 1 aromatic carbocycles. The molecule has 3 heterocycles. The lowest BCUT2D eigenvalue weighted by Crippen LogP contribution is -2.48. The van der Waals surface area contributed by atoms with Crippen molar-refractivity contribution in [1.29, 1.82) is 0 Å². The van der Waals surface area contributed by atoms with Crippen LogP contribution in [0.4, 0.5) is 10.1 Å². The van der Waals surface area contributed by atoms with E-state index in [2.05, 4.69) is 4.98 Å². The number of fused-ring (bicyclic) bond motifs is 3. The molecule has 2 aromatic heterocycles. The van der Waals surface area contributed by atoms with Crippen molar-refractivity contribution in [3.63, 3.8) is 0 Å². The molecular formula is C20H23FN4O2. The zero-order valence-corrected chi connectivity index (χ0v) is 15.6. The normalized spacial score (nSPS) is 19.9. The standard InChI is InChI=1S/C20H23FN4O2/c1-11-23-17-18(27-11)13-9-14(21)16(24-7-5-20(2,22)6-8-24)10-15(13)25(19(17)26)12-3-4-12/h9-10,12H,3-8,22H2,1-2H3. The van der Waals surface area contributed by atoms with Crippen molar-refractivity contribution in [2.45, 2.75) is 51.1 Å². The van der Waals surface area contributed by atoms with Crippen molar-refractivity contribution in [1.82, 2.24) is 9.55 Å². The lowest BCUT2D eigenvalue weighted by atomic mass is 9.90. The fourth-order valence-electron chi connectivity index (χ4n) is 4.11. The summed E-state index contributed by atoms with van der Waals surface area (Å²) in [4.78, 5) is 19.3. The van der Waals surface area contributed by atoms with Gasteiger partial charge in [-0.2, -0.15) is 0 Å². The van der Waals surface area contributed by atoms with E-state index in [1.54, 1.807) is 17.6 Å². The highest BCUT2D eigenvalue weighted by molar-refractivity contribution is 6.02. The van der Waals surface area contributed by atoms with Crippen LogP contribution in [0.15, 0.2) is 21.3 Å². The highest BCUT2D eigenvalue weighted by atomic mass is 19.1. The summed E-state index contributed by atoms with van der Waals surface area (Å²) < 4.78 is 22.5. The number of piperidine rings is 1. The van der Waals surface area contributed by atoms with Crippen LogP contribution in [-0.2, 0) is 0 Å². The SMILES string of the molecule is Cc1nc2c(=O)n(C3CC3)c3cc(N4CCC(C)(N)CC4)c(F)cc3c2o1. The molecule has 6 nitrogen and oxygen atoms in total. The van der Waals surface area contributed by atoms with Crippen LogP contribution < -0.4 is 16.2 Å². The Labute approximate surface area is 155 Å². The molecule has 1 saturated carbocycles. The van der Waals surface area contributed by atoms with Gasteiger partial charge in [0.15, 0.2) is 17.0 Å². The number of hydrogen-bond donors (Lipinski definition) is 1. The maximum atomic E-state index is 15.1. The third-order valence-electron chi connectivity index (χ3n) is 5.88. The molecule has 2 aliphatic rings. The van der Waals surface area contributed by atoms with Crippen molar-refractivity contribution in [2.75, 3.05) is 18.0 Å². The van der Waals surface area contributed by atoms with Gasteiger partial charge in [-0.25, -0.2) is 9.37 Å². The molecule has 3 aromatic rings. The predicted molar refractivity (Wildman–Crippen MR) is 103 cm³/mol. The summed E-state index contributed by atoms with van der Waals surface area (Å²) in [5.74, 6) is 0.110. The van der Waals surface area contributed by atoms with Gasteiger partial charge in [-0.3, -0.25) is 4.79 Å². The number of benzene rings is 1. The highest BCUT2D eigenvalue weighted by Gasteiger charge is 2.31. The minimum absolute atomic E-state index is 0.150. The van der Waals surface area contributed by atoms with Gasteiger partial charge >= 0.3 is 0 Å². The van der Waals surface area contributed by atoms with Crippen molar-refractivity contribution >= 4 is 27.7 Å². The number of anilines is 1. The van der Waals surface area contributed by atoms with Gasteiger partial charge in [0.2, 0.25) is 0 Å². The van der Waals surface area contributed by atoms with Crippen molar-refractivity contribution in [3.8, 4) is 0 Å². The first-order valence-corrected chi connectivity index (χ1v) is 9.53. The van der Waals surface area contributed by atoms with Crippen LogP contribution in [0.2, 0.25) is 0 Å². The largest absolute Gasteiger partial charge is 0.440 e. The van der Waals surface area contributed by atoms with E-state index < -0.39 is 0 Å². The Morgan fingerprint density at radius 2 is 2.00 bits per heavy atom. The van der Waals surface area contributed by atoms with E-state index in [4.69, 9.17) is 10.2 Å². The van der Waals surface area contributed by atoms with Crippen LogP contribution >= 0.6 is 0 Å². The monoisotopic (exact) mass is 370 g/mol. The molecular weight excluding hydrogens is 347 g/mol. The summed E-state index contributed by atoms with van der Waals surface area (Å²) in [6, 6.07) is 3.46. The molecule has 5 rings (SSSR count). The quantitative estimate of drug-likeness (QED) is 0.749. The topological polar surface area (TPSA) is 77.3 Å². The molecule has 1 aliphatic carbocycles. The van der Waals surface area contributed by atoms with E-state index in [0.717, 1.165) is 31.2 Å². The number of nitrogens with two attached hydrogens (primary N) is 1. The van der Waals surface area contributed by atoms with Gasteiger partial charge in [0.1, 0.15) is 5.82 Å². The molecule has 7 heteroatoms. The number of rotatable bonds is 2. The first-order valence-electron chi connectivity index (χ1n) is 9.53. The van der Waals surface area contributed by atoms with Crippen LogP contribution in [0.3, 0.4) is 0 Å². The van der Waals surface area contributed by atoms with E-state index in [1.165, 1.54) is 6.07 Å². The molecule has 1 aliphatic heterocycles. The van der Waals surface area contributed by atoms with E-state index in [9.17, 15) is 4.79 Å². The fraction of sp³-hybridized carbons (Fsp3) is 0.500. The second kappa shape index (κ2) is 5.55. The third kappa shape index (κ3) is 2.64. The summed E-state index contributed by atoms with van der Waals surface area (Å²) in [6.07, 6.45) is 3.53. The van der Waals surface area contributed by atoms with Crippen LogP contribution in [-0.4, -0.2) is 28.2 Å². The molecule has 0 amide bonds. The Bertz CT molecular complexity index is 1120. The summed E-state index contributed by atoms with van der Waals surface area (Å²) in [5, 5.41) is 0.610. The number of pyridine rings is 1. The van der Waals surface area contributed by atoms with Gasteiger partial charge in [-0.1, -0.05) is 0 Å². The molecule has 0 radical (unpaired) electrons. The first-order chi connectivity index (χ1) is 12.8. The Kier molecular flexibility index (Phi) is 3.44. The molecule has 0 atom stereocenters. The second-order valence-electron chi connectivity index (χ2n) is 8.28. The number of aryl methyl sites for hydroxylation is 1. The lowest BCUT2D eigenvalue weighted by Gasteiger charge is -2.38. The summed E-state index contributed by atoms with van der Waals surface area (Å²) in [5.41, 5.74) is 7.78. The van der Waals surface area contributed by atoms with Crippen molar-refractivity contribution in [3.05, 3.63) is 34.2 Å². The third-order valence-corrected chi connectivity index (χ3v) is 5.88. The zero-order chi connectivity index (χ0) is 18.9. The average molecular weight is 370 g/mol. The van der Waals surface area contributed by atoms with Crippen molar-refractivity contribution in [2.24, 2.45) is 5.73 Å². The van der Waals surface area contributed by atoms with Gasteiger partial charge < -0.3 is 19.6 Å². The van der Waals surface area contributed by atoms with Crippen molar-refractivity contribution < 1.29 is 8.81 Å². The highest BCUT2D eigenvalue weighted by Crippen LogP contribution is 2.39. The van der Waals surface area contributed by atoms with Crippen LogP contribution in [0.25, 0.3) is 22.0 Å². The molecule has 142 valence electrons. The lowest BCUT2D eigenvalue weighted by molar-refractivity contribution is 0.362. The predicted octanol–water partition coefficient (Wildman–Crippen LogP) is 3.24. The second-order valence-corrected chi connectivity index (χ2v) is 8.28. The first kappa shape index (κ1) is 16.7. The van der Waals surface area contributed by atoms with Crippen LogP contribution in [0.5, 0.6) is 0 Å². The van der Waals surface area contributed by atoms with E-state index in [1.807, 2.05) is 11.8 Å². The van der Waals surface area contributed by atoms with Gasteiger partial charge in [0.25, 0.3) is 5.56 Å². The number of hydrogen-bond acceptors (Lipinski definition) is 5. The fourth-order valence-corrected chi connectivity index (χ4v) is 4.11. The molecule has 0 bridgehead atoms. The summed E-state index contributed by atoms with van der Waals surface area (Å²) in [6.45, 7) is 5.14. The van der Waals surface area contributed by atoms with E-state index in [0.29, 0.717) is 35.6 Å². The van der Waals surface area contributed by atoms with Gasteiger partial charge in [0, 0.05) is 37.0 Å². The summed E-state index contributed by atoms with van der Waals surface area (Å²) >= 11 is 0. The number of aromatic nitrogens is 2. The molecule has 1 saturated heterocycles. The van der Waals surface area contributed by atoms with Crippen LogP contribution in [0.1, 0.15) is 44.5 Å². The van der Waals surface area contributed by atoms with Gasteiger partial charge in [-0.15, -0.1) is 0 Å². The Morgan fingerprint density at radius 3 is 2.67 bits per heavy atom. The summed E-state index contributed by atoms with van der Waals surface area (Å²) in [7, 11) is 0. The molecule has 0 spiro atoms. The van der Waals surface area contributed by atoms with Gasteiger partial charge in [-0.05, 0) is 44.7 Å². The minimum Gasteiger partial charge on any atom is -0.440 e. The van der Waals surface area contributed by atoms with Crippen LogP contribution in [0, 0.1) is 12.7 Å². The molecule has 2 N–H and O–H groups in total. The van der Waals surface area contributed by atoms with E-state index in [-0.39, 0.29) is 28.5 Å².